The van der Waals surface area contributed by atoms with Gasteiger partial charge in [-0.3, -0.25) is 10.1 Å². The van der Waals surface area contributed by atoms with E-state index in [9.17, 15) is 10.1 Å². The van der Waals surface area contributed by atoms with Crippen LogP contribution < -0.4 is 15.2 Å². The van der Waals surface area contributed by atoms with Crippen LogP contribution in [-0.4, -0.2) is 22.0 Å². The van der Waals surface area contributed by atoms with E-state index in [1.54, 1.807) is 0 Å². The molecular weight excluding hydrogens is 252 g/mol. The number of nitro groups is 1. The summed E-state index contributed by atoms with van der Waals surface area (Å²) in [5, 5.41) is 10.9. The van der Waals surface area contributed by atoms with Gasteiger partial charge in [0.15, 0.2) is 5.75 Å². The van der Waals surface area contributed by atoms with E-state index in [0.29, 0.717) is 0 Å². The summed E-state index contributed by atoms with van der Waals surface area (Å²) in [6, 6.07) is 4.22. The summed E-state index contributed by atoms with van der Waals surface area (Å²) in [5.74, 6) is 0.856. The van der Waals surface area contributed by atoms with E-state index in [-0.39, 0.29) is 28.9 Å². The van der Waals surface area contributed by atoms with Gasteiger partial charge in [0.2, 0.25) is 5.88 Å². The lowest BCUT2D eigenvalue weighted by Crippen LogP contribution is -1.96. The summed E-state index contributed by atoms with van der Waals surface area (Å²) in [6.45, 7) is 0. The third-order valence-electron chi connectivity index (χ3n) is 2.22. The molecule has 98 valence electrons. The number of rotatable bonds is 4. The number of nitro benzene ring substituents is 1. The van der Waals surface area contributed by atoms with E-state index in [1.807, 2.05) is 0 Å². The van der Waals surface area contributed by atoms with Crippen LogP contribution in [0.4, 0.5) is 11.5 Å². The highest BCUT2D eigenvalue weighted by Crippen LogP contribution is 2.32. The van der Waals surface area contributed by atoms with Crippen LogP contribution in [0.1, 0.15) is 0 Å². The van der Waals surface area contributed by atoms with Gasteiger partial charge in [0, 0.05) is 0 Å². The molecule has 1 heterocycles. The molecular formula is C11H10N4O4. The third-order valence-corrected chi connectivity index (χ3v) is 2.22. The molecule has 0 radical (unpaired) electrons. The average molecular weight is 262 g/mol. The number of hydrogen-bond acceptors (Lipinski definition) is 7. The Hall–Kier alpha value is -2.90. The van der Waals surface area contributed by atoms with Crippen molar-refractivity contribution in [1.82, 2.24) is 9.97 Å². The normalized spacial score (nSPS) is 9.95. The van der Waals surface area contributed by atoms with Gasteiger partial charge < -0.3 is 15.2 Å². The van der Waals surface area contributed by atoms with Gasteiger partial charge in [0.25, 0.3) is 0 Å². The van der Waals surface area contributed by atoms with Gasteiger partial charge in [-0.2, -0.15) is 0 Å². The minimum Gasteiger partial charge on any atom is -0.490 e. The second kappa shape index (κ2) is 5.17. The molecule has 0 bridgehead atoms. The Morgan fingerprint density at radius 3 is 2.68 bits per heavy atom. The van der Waals surface area contributed by atoms with Crippen molar-refractivity contribution in [1.29, 1.82) is 0 Å². The van der Waals surface area contributed by atoms with E-state index in [0.717, 1.165) is 0 Å². The number of hydrogen-bond donors (Lipinski definition) is 1. The van der Waals surface area contributed by atoms with E-state index < -0.39 is 4.92 Å². The Bertz CT molecular complexity index is 600. The van der Waals surface area contributed by atoms with Crippen molar-refractivity contribution in [3.8, 4) is 17.4 Å². The Morgan fingerprint density at radius 1 is 1.32 bits per heavy atom. The number of nitrogens with zero attached hydrogens (tertiary/aromatic N) is 3. The van der Waals surface area contributed by atoms with Crippen molar-refractivity contribution in [3.63, 3.8) is 0 Å². The van der Waals surface area contributed by atoms with Crippen LogP contribution in [0.5, 0.6) is 17.4 Å². The van der Waals surface area contributed by atoms with Crippen LogP contribution in [0, 0.1) is 10.1 Å². The van der Waals surface area contributed by atoms with Crippen LogP contribution in [0.3, 0.4) is 0 Å². The highest BCUT2D eigenvalue weighted by Gasteiger charge is 2.16. The number of methoxy groups -OCH3 is 1. The molecule has 1 aromatic heterocycles. The summed E-state index contributed by atoms with van der Waals surface area (Å²) >= 11 is 0. The zero-order valence-electron chi connectivity index (χ0n) is 9.94. The van der Waals surface area contributed by atoms with Crippen molar-refractivity contribution < 1.29 is 14.4 Å². The topological polar surface area (TPSA) is 113 Å². The van der Waals surface area contributed by atoms with Gasteiger partial charge in [-0.15, -0.1) is 0 Å². The van der Waals surface area contributed by atoms with Gasteiger partial charge in [-0.25, -0.2) is 9.97 Å². The molecule has 19 heavy (non-hydrogen) atoms. The molecule has 0 aliphatic heterocycles. The SMILES string of the molecule is COc1ccc(Oc2cnc(N)cn2)cc1[N+](=O)[O-]. The van der Waals surface area contributed by atoms with Gasteiger partial charge in [0.05, 0.1) is 30.5 Å². The molecule has 0 unspecified atom stereocenters. The fraction of sp³-hybridized carbons (Fsp3) is 0.0909. The monoisotopic (exact) mass is 262 g/mol. The average Bonchev–Trinajstić information content (AvgIpc) is 2.41. The summed E-state index contributed by atoms with van der Waals surface area (Å²) in [5.41, 5.74) is 5.20. The van der Waals surface area contributed by atoms with Gasteiger partial charge in [-0.1, -0.05) is 0 Å². The lowest BCUT2D eigenvalue weighted by atomic mass is 10.3. The van der Waals surface area contributed by atoms with Gasteiger partial charge >= 0.3 is 5.69 Å². The van der Waals surface area contributed by atoms with Crippen LogP contribution >= 0.6 is 0 Å². The molecule has 0 saturated heterocycles. The quantitative estimate of drug-likeness (QED) is 0.659. The maximum Gasteiger partial charge on any atom is 0.314 e. The molecule has 0 aliphatic rings. The first kappa shape index (κ1) is 12.6. The summed E-state index contributed by atoms with van der Waals surface area (Å²) in [7, 11) is 1.36. The van der Waals surface area contributed by atoms with Crippen molar-refractivity contribution in [2.45, 2.75) is 0 Å². The Kier molecular flexibility index (Phi) is 3.42. The van der Waals surface area contributed by atoms with Crippen LogP contribution in [0.2, 0.25) is 0 Å². The van der Waals surface area contributed by atoms with E-state index in [1.165, 1.54) is 37.7 Å². The predicted molar refractivity (Wildman–Crippen MR) is 66.2 cm³/mol. The molecule has 0 fully saturated rings. The standard InChI is InChI=1S/C11H10N4O4/c1-18-9-3-2-7(4-8(9)15(16)17)19-11-6-13-10(12)5-14-11/h2-6H,1H3,(H2,12,13). The molecule has 0 atom stereocenters. The highest BCUT2D eigenvalue weighted by molar-refractivity contribution is 5.51. The molecule has 2 rings (SSSR count). The molecule has 2 N–H and O–H groups in total. The fourth-order valence-corrected chi connectivity index (χ4v) is 1.38. The molecule has 0 spiro atoms. The maximum atomic E-state index is 10.9. The van der Waals surface area contributed by atoms with Gasteiger partial charge in [0.1, 0.15) is 11.6 Å². The Labute approximate surface area is 108 Å². The molecule has 8 nitrogen and oxygen atoms in total. The molecule has 1 aromatic carbocycles. The zero-order chi connectivity index (χ0) is 13.8. The summed E-state index contributed by atoms with van der Waals surface area (Å²) < 4.78 is 10.2. The van der Waals surface area contributed by atoms with E-state index >= 15 is 0 Å². The number of anilines is 1. The third kappa shape index (κ3) is 2.86. The van der Waals surface area contributed by atoms with Crippen LogP contribution in [0.25, 0.3) is 0 Å². The molecule has 8 heteroatoms. The van der Waals surface area contributed by atoms with Crippen molar-refractivity contribution >= 4 is 11.5 Å². The first-order valence-corrected chi connectivity index (χ1v) is 5.18. The maximum absolute atomic E-state index is 10.9. The first-order valence-electron chi connectivity index (χ1n) is 5.18. The number of benzene rings is 1. The largest absolute Gasteiger partial charge is 0.490 e. The molecule has 2 aromatic rings. The lowest BCUT2D eigenvalue weighted by molar-refractivity contribution is -0.385. The number of nitrogen functional groups attached to an aromatic ring is 1. The number of ether oxygens (including phenoxy) is 2. The minimum absolute atomic E-state index is 0.153. The lowest BCUT2D eigenvalue weighted by Gasteiger charge is -2.06. The van der Waals surface area contributed by atoms with Gasteiger partial charge in [-0.05, 0) is 12.1 Å². The van der Waals surface area contributed by atoms with Crippen molar-refractivity contribution in [2.24, 2.45) is 0 Å². The van der Waals surface area contributed by atoms with E-state index in [2.05, 4.69) is 9.97 Å². The van der Waals surface area contributed by atoms with Crippen molar-refractivity contribution in [2.75, 3.05) is 12.8 Å². The zero-order valence-corrected chi connectivity index (χ0v) is 9.94. The Balaban J connectivity index is 2.28. The smallest absolute Gasteiger partial charge is 0.314 e. The first-order chi connectivity index (χ1) is 9.10. The van der Waals surface area contributed by atoms with Crippen LogP contribution in [-0.2, 0) is 0 Å². The fourth-order valence-electron chi connectivity index (χ4n) is 1.38. The number of nitrogens with two attached hydrogens (primary N) is 1. The molecule has 0 aliphatic carbocycles. The molecule has 0 amide bonds. The van der Waals surface area contributed by atoms with E-state index in [4.69, 9.17) is 15.2 Å². The summed E-state index contributed by atoms with van der Waals surface area (Å²) in [6.07, 6.45) is 2.65. The Morgan fingerprint density at radius 2 is 2.11 bits per heavy atom. The summed E-state index contributed by atoms with van der Waals surface area (Å²) in [4.78, 5) is 18.0. The predicted octanol–water partition coefficient (Wildman–Crippen LogP) is 1.77. The second-order valence-corrected chi connectivity index (χ2v) is 3.47. The minimum atomic E-state index is -0.555. The number of aromatic nitrogens is 2. The highest BCUT2D eigenvalue weighted by atomic mass is 16.6. The van der Waals surface area contributed by atoms with Crippen LogP contribution in [0.15, 0.2) is 30.6 Å². The van der Waals surface area contributed by atoms with Crippen molar-refractivity contribution in [3.05, 3.63) is 40.7 Å². The molecule has 0 saturated carbocycles. The second-order valence-electron chi connectivity index (χ2n) is 3.47.